The molecule has 3 rings (SSSR count). The maximum atomic E-state index is 3.74. The van der Waals surface area contributed by atoms with Gasteiger partial charge < -0.3 is 10.6 Å². The predicted molar refractivity (Wildman–Crippen MR) is 99.6 cm³/mol. The number of thiophene rings is 1. The molecule has 0 saturated heterocycles. The number of fused-ring (bicyclic) bond motifs is 1. The lowest BCUT2D eigenvalue weighted by atomic mass is 9.95. The third kappa shape index (κ3) is 4.03. The summed E-state index contributed by atoms with van der Waals surface area (Å²) in [6.07, 6.45) is 4.65. The number of anilines is 1. The number of benzene rings is 1. The Morgan fingerprint density at radius 3 is 2.82 bits per heavy atom. The van der Waals surface area contributed by atoms with Gasteiger partial charge in [-0.05, 0) is 60.5 Å². The molecule has 2 nitrogen and oxygen atoms in total. The number of hydrogen-bond acceptors (Lipinski definition) is 3. The summed E-state index contributed by atoms with van der Waals surface area (Å²) < 4.78 is 0. The quantitative estimate of drug-likeness (QED) is 0.844. The van der Waals surface area contributed by atoms with Crippen LogP contribution >= 0.6 is 23.7 Å². The van der Waals surface area contributed by atoms with Crippen molar-refractivity contribution in [2.24, 2.45) is 0 Å². The highest BCUT2D eigenvalue weighted by atomic mass is 35.5. The molecular formula is C18H25ClN2S. The van der Waals surface area contributed by atoms with Crippen LogP contribution < -0.4 is 10.6 Å². The summed E-state index contributed by atoms with van der Waals surface area (Å²) in [5, 5.41) is 9.41. The van der Waals surface area contributed by atoms with Crippen molar-refractivity contribution in [1.82, 2.24) is 5.32 Å². The normalized spacial score (nSPS) is 13.9. The molecular weight excluding hydrogens is 312 g/mol. The summed E-state index contributed by atoms with van der Waals surface area (Å²) >= 11 is 1.83. The van der Waals surface area contributed by atoms with Gasteiger partial charge in [-0.1, -0.05) is 31.5 Å². The van der Waals surface area contributed by atoms with Gasteiger partial charge in [-0.25, -0.2) is 0 Å². The zero-order valence-corrected chi connectivity index (χ0v) is 14.8. The Balaban J connectivity index is 0.00000176. The van der Waals surface area contributed by atoms with Gasteiger partial charge in [-0.2, -0.15) is 0 Å². The van der Waals surface area contributed by atoms with Gasteiger partial charge in [-0.3, -0.25) is 0 Å². The summed E-state index contributed by atoms with van der Waals surface area (Å²) in [7, 11) is 0. The van der Waals surface area contributed by atoms with Crippen molar-refractivity contribution >= 4 is 29.4 Å². The third-order valence-corrected chi connectivity index (χ3v) is 5.03. The van der Waals surface area contributed by atoms with E-state index < -0.39 is 0 Å². The van der Waals surface area contributed by atoms with Crippen LogP contribution in [-0.4, -0.2) is 13.1 Å². The minimum atomic E-state index is 0. The maximum absolute atomic E-state index is 3.74. The average molecular weight is 337 g/mol. The molecule has 2 N–H and O–H groups in total. The van der Waals surface area contributed by atoms with E-state index in [1.807, 2.05) is 11.3 Å². The fourth-order valence-corrected chi connectivity index (χ4v) is 3.75. The van der Waals surface area contributed by atoms with Crippen LogP contribution in [0.25, 0.3) is 0 Å². The molecule has 4 heteroatoms. The van der Waals surface area contributed by atoms with Gasteiger partial charge in [-0.15, -0.1) is 23.7 Å². The zero-order valence-electron chi connectivity index (χ0n) is 13.2. The van der Waals surface area contributed by atoms with E-state index in [0.717, 1.165) is 38.9 Å². The monoisotopic (exact) mass is 336 g/mol. The second-order valence-corrected chi connectivity index (χ2v) is 6.70. The molecule has 0 bridgehead atoms. The zero-order chi connectivity index (χ0) is 14.5. The smallest absolute Gasteiger partial charge is 0.0494 e. The fourth-order valence-electron chi connectivity index (χ4n) is 3.11. The lowest BCUT2D eigenvalue weighted by Gasteiger charge is -2.18. The van der Waals surface area contributed by atoms with Crippen molar-refractivity contribution in [3.63, 3.8) is 0 Å². The Kier molecular flexibility index (Phi) is 6.74. The van der Waals surface area contributed by atoms with Crippen LogP contribution in [0.1, 0.15) is 34.9 Å². The number of rotatable bonds is 5. The number of aryl methyl sites for hydroxylation is 1. The standard InChI is InChI=1S/C18H24N2S.ClH/c1-2-4-15-7-6-14-8-10-19-11-9-17(14)18(15)20-13-16-5-3-12-21-16;/h3,5-7,12,19-20H,2,4,8-11,13H2,1H3;1H. The Bertz CT molecular complexity index is 581. The molecule has 1 aliphatic rings. The second kappa shape index (κ2) is 8.56. The van der Waals surface area contributed by atoms with E-state index in [4.69, 9.17) is 0 Å². The first-order valence-corrected chi connectivity index (χ1v) is 8.87. The lowest BCUT2D eigenvalue weighted by molar-refractivity contribution is 0.711. The second-order valence-electron chi connectivity index (χ2n) is 5.67. The van der Waals surface area contributed by atoms with Crippen molar-refractivity contribution in [1.29, 1.82) is 0 Å². The first-order valence-electron chi connectivity index (χ1n) is 7.99. The van der Waals surface area contributed by atoms with Crippen LogP contribution in [-0.2, 0) is 25.8 Å². The number of halogens is 1. The molecule has 0 spiro atoms. The van der Waals surface area contributed by atoms with Crippen molar-refractivity contribution in [2.75, 3.05) is 18.4 Å². The molecule has 0 atom stereocenters. The van der Waals surface area contributed by atoms with E-state index in [1.54, 1.807) is 5.56 Å². The van der Waals surface area contributed by atoms with E-state index in [0.29, 0.717) is 0 Å². The van der Waals surface area contributed by atoms with Gasteiger partial charge in [0.15, 0.2) is 0 Å². The van der Waals surface area contributed by atoms with Crippen LogP contribution in [0.2, 0.25) is 0 Å². The molecule has 2 aromatic rings. The lowest BCUT2D eigenvalue weighted by Crippen LogP contribution is -2.16. The molecule has 1 aromatic heterocycles. The molecule has 2 heterocycles. The van der Waals surface area contributed by atoms with E-state index in [9.17, 15) is 0 Å². The van der Waals surface area contributed by atoms with Crippen LogP contribution in [0.5, 0.6) is 0 Å². The highest BCUT2D eigenvalue weighted by Gasteiger charge is 2.15. The van der Waals surface area contributed by atoms with Gasteiger partial charge in [0.05, 0.1) is 0 Å². The summed E-state index contributed by atoms with van der Waals surface area (Å²) in [4.78, 5) is 1.40. The van der Waals surface area contributed by atoms with Gasteiger partial charge in [0.25, 0.3) is 0 Å². The highest BCUT2D eigenvalue weighted by molar-refractivity contribution is 7.09. The summed E-state index contributed by atoms with van der Waals surface area (Å²) in [6, 6.07) is 9.03. The molecule has 0 saturated carbocycles. The number of hydrogen-bond donors (Lipinski definition) is 2. The molecule has 0 aliphatic carbocycles. The predicted octanol–water partition coefficient (Wildman–Crippen LogP) is 4.42. The van der Waals surface area contributed by atoms with Crippen molar-refractivity contribution in [3.8, 4) is 0 Å². The minimum Gasteiger partial charge on any atom is -0.380 e. The number of nitrogens with one attached hydrogen (secondary N) is 2. The van der Waals surface area contributed by atoms with Crippen LogP contribution in [0.3, 0.4) is 0 Å². The summed E-state index contributed by atoms with van der Waals surface area (Å²) in [6.45, 7) is 5.40. The Hall–Kier alpha value is -1.03. The fraction of sp³-hybridized carbons (Fsp3) is 0.444. The molecule has 0 fully saturated rings. The molecule has 22 heavy (non-hydrogen) atoms. The Labute approximate surface area is 143 Å². The largest absolute Gasteiger partial charge is 0.380 e. The van der Waals surface area contributed by atoms with Gasteiger partial charge in [0.1, 0.15) is 0 Å². The maximum Gasteiger partial charge on any atom is 0.0494 e. The van der Waals surface area contributed by atoms with E-state index in [2.05, 4.69) is 47.2 Å². The SMILES string of the molecule is CCCc1ccc2c(c1NCc1cccs1)CCNCC2.Cl. The van der Waals surface area contributed by atoms with Crippen LogP contribution in [0.4, 0.5) is 5.69 Å². The van der Waals surface area contributed by atoms with E-state index in [-0.39, 0.29) is 12.4 Å². The van der Waals surface area contributed by atoms with Crippen LogP contribution in [0, 0.1) is 0 Å². The third-order valence-electron chi connectivity index (χ3n) is 4.16. The molecule has 0 unspecified atom stereocenters. The average Bonchev–Trinajstić information content (AvgIpc) is 2.90. The Morgan fingerprint density at radius 2 is 2.05 bits per heavy atom. The van der Waals surface area contributed by atoms with Gasteiger partial charge in [0, 0.05) is 17.1 Å². The van der Waals surface area contributed by atoms with Gasteiger partial charge in [0.2, 0.25) is 0 Å². The molecule has 120 valence electrons. The highest BCUT2D eigenvalue weighted by Crippen LogP contribution is 2.29. The molecule has 0 radical (unpaired) electrons. The van der Waals surface area contributed by atoms with Gasteiger partial charge >= 0.3 is 0 Å². The van der Waals surface area contributed by atoms with E-state index in [1.165, 1.54) is 28.1 Å². The first kappa shape index (κ1) is 17.3. The van der Waals surface area contributed by atoms with Crippen LogP contribution in [0.15, 0.2) is 29.6 Å². The van der Waals surface area contributed by atoms with Crippen molar-refractivity contribution in [2.45, 2.75) is 39.2 Å². The molecule has 1 aliphatic heterocycles. The molecule has 1 aromatic carbocycles. The van der Waals surface area contributed by atoms with E-state index >= 15 is 0 Å². The molecule has 0 amide bonds. The summed E-state index contributed by atoms with van der Waals surface area (Å²) in [5.74, 6) is 0. The summed E-state index contributed by atoms with van der Waals surface area (Å²) in [5.41, 5.74) is 5.96. The topological polar surface area (TPSA) is 24.1 Å². The first-order chi connectivity index (χ1) is 10.4. The minimum absolute atomic E-state index is 0. The Morgan fingerprint density at radius 1 is 1.18 bits per heavy atom. The van der Waals surface area contributed by atoms with Crippen molar-refractivity contribution < 1.29 is 0 Å². The van der Waals surface area contributed by atoms with Crippen molar-refractivity contribution in [3.05, 3.63) is 51.2 Å².